The molecule has 4 heteroatoms. The molecule has 6 aromatic carbocycles. The van der Waals surface area contributed by atoms with Crippen molar-refractivity contribution in [2.45, 2.75) is 0 Å². The molecule has 0 atom stereocenters. The summed E-state index contributed by atoms with van der Waals surface area (Å²) in [5.74, 6) is 1.88. The van der Waals surface area contributed by atoms with Crippen molar-refractivity contribution in [3.05, 3.63) is 140 Å². The van der Waals surface area contributed by atoms with Crippen molar-refractivity contribution >= 4 is 32.7 Å². The second-order valence-electron chi connectivity index (χ2n) is 10.1. The Balaban J connectivity index is 1.36. The Hall–Kier alpha value is -5.61. The molecular formula is C37H23N3O. The van der Waals surface area contributed by atoms with E-state index in [2.05, 4.69) is 66.7 Å². The van der Waals surface area contributed by atoms with Crippen LogP contribution in [-0.2, 0) is 0 Å². The van der Waals surface area contributed by atoms with Crippen LogP contribution in [0, 0.1) is 0 Å². The van der Waals surface area contributed by atoms with Crippen LogP contribution in [0.1, 0.15) is 0 Å². The van der Waals surface area contributed by atoms with E-state index in [0.29, 0.717) is 17.5 Å². The monoisotopic (exact) mass is 525 g/mol. The van der Waals surface area contributed by atoms with E-state index in [0.717, 1.165) is 44.0 Å². The Morgan fingerprint density at radius 3 is 1.56 bits per heavy atom. The summed E-state index contributed by atoms with van der Waals surface area (Å²) in [6.07, 6.45) is 0. The van der Waals surface area contributed by atoms with E-state index < -0.39 is 0 Å². The smallest absolute Gasteiger partial charge is 0.164 e. The van der Waals surface area contributed by atoms with E-state index in [-0.39, 0.29) is 0 Å². The van der Waals surface area contributed by atoms with Crippen LogP contribution in [-0.4, -0.2) is 15.0 Å². The molecule has 8 aromatic rings. The molecule has 0 unspecified atom stereocenters. The minimum absolute atomic E-state index is 0.605. The lowest BCUT2D eigenvalue weighted by Gasteiger charge is -2.09. The molecule has 4 nitrogen and oxygen atoms in total. The van der Waals surface area contributed by atoms with Crippen LogP contribution in [0.4, 0.5) is 0 Å². The predicted molar refractivity (Wildman–Crippen MR) is 166 cm³/mol. The van der Waals surface area contributed by atoms with Gasteiger partial charge in [0.15, 0.2) is 17.5 Å². The molecule has 0 aliphatic rings. The molecule has 0 radical (unpaired) electrons. The van der Waals surface area contributed by atoms with Gasteiger partial charge in [0.1, 0.15) is 11.2 Å². The Morgan fingerprint density at radius 1 is 0.390 bits per heavy atom. The van der Waals surface area contributed by atoms with Crippen molar-refractivity contribution < 1.29 is 4.42 Å². The maximum atomic E-state index is 6.54. The highest BCUT2D eigenvalue weighted by Gasteiger charge is 2.18. The second-order valence-corrected chi connectivity index (χ2v) is 10.1. The Bertz CT molecular complexity index is 2130. The van der Waals surface area contributed by atoms with Crippen LogP contribution in [0.25, 0.3) is 78.0 Å². The molecule has 0 amide bonds. The van der Waals surface area contributed by atoms with Gasteiger partial charge in [-0.25, -0.2) is 15.0 Å². The summed E-state index contributed by atoms with van der Waals surface area (Å²) in [7, 11) is 0. The van der Waals surface area contributed by atoms with E-state index in [9.17, 15) is 0 Å². The lowest BCUT2D eigenvalue weighted by Crippen LogP contribution is -2.00. The standard InChI is InChI=1S/C37H23N3O/c1-4-12-24(13-5-1)33-29-19-11-10-18-27(29)22-32-34(33)30-21-20-28(23-31(30)41-32)37-39-35(25-14-6-2-7-15-25)38-36(40-37)26-16-8-3-9-17-26/h1-23H. The maximum Gasteiger partial charge on any atom is 0.164 e. The number of rotatable bonds is 4. The molecule has 192 valence electrons. The highest BCUT2D eigenvalue weighted by Crippen LogP contribution is 2.42. The Labute approximate surface area is 236 Å². The first kappa shape index (κ1) is 23.3. The predicted octanol–water partition coefficient (Wildman–Crippen LogP) is 9.59. The number of fused-ring (bicyclic) bond motifs is 4. The molecule has 2 heterocycles. The van der Waals surface area contributed by atoms with Crippen molar-refractivity contribution in [1.82, 2.24) is 15.0 Å². The molecule has 0 aliphatic heterocycles. The van der Waals surface area contributed by atoms with E-state index in [1.807, 2.05) is 72.8 Å². The molecular weight excluding hydrogens is 502 g/mol. The number of furan rings is 1. The number of hydrogen-bond acceptors (Lipinski definition) is 4. The fraction of sp³-hybridized carbons (Fsp3) is 0. The van der Waals surface area contributed by atoms with Gasteiger partial charge in [0.2, 0.25) is 0 Å². The first-order valence-corrected chi connectivity index (χ1v) is 13.6. The average Bonchev–Trinajstić information content (AvgIpc) is 3.42. The van der Waals surface area contributed by atoms with E-state index >= 15 is 0 Å². The minimum atomic E-state index is 0.605. The topological polar surface area (TPSA) is 51.8 Å². The molecule has 41 heavy (non-hydrogen) atoms. The number of nitrogens with zero attached hydrogens (tertiary/aromatic N) is 3. The van der Waals surface area contributed by atoms with Gasteiger partial charge in [0, 0.05) is 33.0 Å². The number of aromatic nitrogens is 3. The molecule has 0 saturated carbocycles. The molecule has 0 saturated heterocycles. The van der Waals surface area contributed by atoms with E-state index in [4.69, 9.17) is 19.4 Å². The van der Waals surface area contributed by atoms with Crippen LogP contribution in [0.15, 0.2) is 144 Å². The van der Waals surface area contributed by atoms with Crippen LogP contribution in [0.3, 0.4) is 0 Å². The molecule has 8 rings (SSSR count). The summed E-state index contributed by atoms with van der Waals surface area (Å²) >= 11 is 0. The molecule has 0 bridgehead atoms. The van der Waals surface area contributed by atoms with E-state index in [1.165, 1.54) is 16.5 Å². The van der Waals surface area contributed by atoms with Crippen LogP contribution in [0.2, 0.25) is 0 Å². The van der Waals surface area contributed by atoms with Crippen LogP contribution < -0.4 is 0 Å². The second kappa shape index (κ2) is 9.54. The summed E-state index contributed by atoms with van der Waals surface area (Å²) in [5.41, 5.74) is 6.77. The van der Waals surface area contributed by atoms with Crippen LogP contribution >= 0.6 is 0 Å². The third kappa shape index (κ3) is 4.05. The maximum absolute atomic E-state index is 6.54. The first-order valence-electron chi connectivity index (χ1n) is 13.6. The summed E-state index contributed by atoms with van der Waals surface area (Å²) < 4.78 is 6.54. The lowest BCUT2D eigenvalue weighted by atomic mass is 9.93. The zero-order chi connectivity index (χ0) is 27.2. The third-order valence-corrected chi connectivity index (χ3v) is 7.50. The van der Waals surface area contributed by atoms with Gasteiger partial charge >= 0.3 is 0 Å². The van der Waals surface area contributed by atoms with Gasteiger partial charge < -0.3 is 4.42 Å². The van der Waals surface area contributed by atoms with E-state index in [1.54, 1.807) is 0 Å². The average molecular weight is 526 g/mol. The van der Waals surface area contributed by atoms with Crippen LogP contribution in [0.5, 0.6) is 0 Å². The van der Waals surface area contributed by atoms with Crippen molar-refractivity contribution in [1.29, 1.82) is 0 Å². The van der Waals surface area contributed by atoms with Gasteiger partial charge in [-0.3, -0.25) is 0 Å². The third-order valence-electron chi connectivity index (χ3n) is 7.50. The first-order chi connectivity index (χ1) is 20.3. The van der Waals surface area contributed by atoms with Crippen molar-refractivity contribution in [2.75, 3.05) is 0 Å². The largest absolute Gasteiger partial charge is 0.456 e. The lowest BCUT2D eigenvalue weighted by molar-refractivity contribution is 0.669. The van der Waals surface area contributed by atoms with Crippen molar-refractivity contribution in [3.63, 3.8) is 0 Å². The fourth-order valence-electron chi connectivity index (χ4n) is 5.58. The SMILES string of the molecule is c1ccc(-c2nc(-c3ccccc3)nc(-c3ccc4c(c3)oc3cc5ccccc5c(-c5ccccc5)c34)n2)cc1. The normalized spacial score (nSPS) is 11.4. The summed E-state index contributed by atoms with van der Waals surface area (Å²) in [6.45, 7) is 0. The molecule has 0 spiro atoms. The summed E-state index contributed by atoms with van der Waals surface area (Å²) in [5, 5.41) is 4.53. The van der Waals surface area contributed by atoms with Gasteiger partial charge in [-0.05, 0) is 34.5 Å². The highest BCUT2D eigenvalue weighted by molar-refractivity contribution is 6.20. The highest BCUT2D eigenvalue weighted by atomic mass is 16.3. The van der Waals surface area contributed by atoms with Gasteiger partial charge in [-0.15, -0.1) is 0 Å². The molecule has 0 aliphatic carbocycles. The fourth-order valence-corrected chi connectivity index (χ4v) is 5.58. The van der Waals surface area contributed by atoms with Crippen molar-refractivity contribution in [2.24, 2.45) is 0 Å². The van der Waals surface area contributed by atoms with Gasteiger partial charge in [0.25, 0.3) is 0 Å². The van der Waals surface area contributed by atoms with Gasteiger partial charge in [-0.1, -0.05) is 121 Å². The minimum Gasteiger partial charge on any atom is -0.456 e. The Morgan fingerprint density at radius 2 is 0.927 bits per heavy atom. The van der Waals surface area contributed by atoms with Gasteiger partial charge in [-0.2, -0.15) is 0 Å². The number of benzene rings is 6. The quantitative estimate of drug-likeness (QED) is 0.230. The zero-order valence-corrected chi connectivity index (χ0v) is 22.0. The summed E-state index contributed by atoms with van der Waals surface area (Å²) in [4.78, 5) is 14.6. The molecule has 0 fully saturated rings. The molecule has 0 N–H and O–H groups in total. The summed E-state index contributed by atoms with van der Waals surface area (Å²) in [6, 6.07) is 47.5. The number of hydrogen-bond donors (Lipinski definition) is 0. The zero-order valence-electron chi connectivity index (χ0n) is 22.0. The molecule has 2 aromatic heterocycles. The van der Waals surface area contributed by atoms with Gasteiger partial charge in [0.05, 0.1) is 0 Å². The van der Waals surface area contributed by atoms with Crippen molar-refractivity contribution in [3.8, 4) is 45.3 Å². The Kier molecular flexibility index (Phi) is 5.42.